The number of aromatic amines is 1. The van der Waals surface area contributed by atoms with Gasteiger partial charge in [-0.15, -0.1) is 0 Å². The Balaban J connectivity index is 1.42. The first kappa shape index (κ1) is 16.1. The van der Waals surface area contributed by atoms with E-state index < -0.39 is 0 Å². The molecule has 130 valence electrons. The molecule has 0 bridgehead atoms. The highest BCUT2D eigenvalue weighted by atomic mass is 16.1. The van der Waals surface area contributed by atoms with Crippen LogP contribution in [0.1, 0.15) is 27.2 Å². The molecular formula is C20H19N5O. The molecule has 0 saturated heterocycles. The van der Waals surface area contributed by atoms with Gasteiger partial charge in [-0.1, -0.05) is 42.0 Å². The number of carbonyl (C=O) groups is 1. The molecule has 6 nitrogen and oxygen atoms in total. The van der Waals surface area contributed by atoms with Crippen LogP contribution in [0, 0.1) is 6.92 Å². The highest BCUT2D eigenvalue weighted by Crippen LogP contribution is 2.17. The second kappa shape index (κ2) is 6.84. The van der Waals surface area contributed by atoms with Gasteiger partial charge in [0.2, 0.25) is 0 Å². The molecule has 4 aromatic rings. The Bertz CT molecular complexity index is 1050. The van der Waals surface area contributed by atoms with Crippen molar-refractivity contribution in [3.8, 4) is 0 Å². The smallest absolute Gasteiger partial charge is 0.272 e. The van der Waals surface area contributed by atoms with Crippen molar-refractivity contribution in [1.29, 1.82) is 0 Å². The molecular weight excluding hydrogens is 326 g/mol. The lowest BCUT2D eigenvalue weighted by Crippen LogP contribution is -2.23. The molecule has 0 unspecified atom stereocenters. The lowest BCUT2D eigenvalue weighted by molar-refractivity contribution is 0.0947. The summed E-state index contributed by atoms with van der Waals surface area (Å²) in [6, 6.07) is 16.0. The van der Waals surface area contributed by atoms with Crippen molar-refractivity contribution >= 4 is 16.8 Å². The predicted octanol–water partition coefficient (Wildman–Crippen LogP) is 3.05. The average Bonchev–Trinajstić information content (AvgIpc) is 3.27. The molecule has 6 heteroatoms. The second-order valence-corrected chi connectivity index (χ2v) is 6.34. The molecule has 1 amide bonds. The van der Waals surface area contributed by atoms with Gasteiger partial charge in [0.25, 0.3) is 5.91 Å². The van der Waals surface area contributed by atoms with E-state index in [1.54, 1.807) is 6.20 Å². The van der Waals surface area contributed by atoms with E-state index in [2.05, 4.69) is 32.7 Å². The first-order valence-corrected chi connectivity index (χ1v) is 8.47. The third kappa shape index (κ3) is 3.35. The van der Waals surface area contributed by atoms with Gasteiger partial charge in [0.15, 0.2) is 5.69 Å². The summed E-state index contributed by atoms with van der Waals surface area (Å²) in [7, 11) is 0. The third-order valence-corrected chi connectivity index (χ3v) is 4.26. The quantitative estimate of drug-likeness (QED) is 0.584. The van der Waals surface area contributed by atoms with Crippen LogP contribution in [0.3, 0.4) is 0 Å². The third-order valence-electron chi connectivity index (χ3n) is 4.26. The Hall–Kier alpha value is -3.41. The average molecular weight is 345 g/mol. The van der Waals surface area contributed by atoms with E-state index in [0.29, 0.717) is 18.8 Å². The zero-order valence-electron chi connectivity index (χ0n) is 14.4. The number of rotatable bonds is 5. The number of amides is 1. The highest BCUT2D eigenvalue weighted by molar-refractivity contribution is 6.04. The number of hydrogen-bond acceptors (Lipinski definition) is 3. The highest BCUT2D eigenvalue weighted by Gasteiger charge is 2.14. The van der Waals surface area contributed by atoms with Crippen molar-refractivity contribution < 1.29 is 4.79 Å². The van der Waals surface area contributed by atoms with Crippen molar-refractivity contribution in [2.75, 3.05) is 0 Å². The van der Waals surface area contributed by atoms with Crippen molar-refractivity contribution in [3.63, 3.8) is 0 Å². The monoisotopic (exact) mass is 345 g/mol. The van der Waals surface area contributed by atoms with Crippen molar-refractivity contribution in [2.24, 2.45) is 0 Å². The van der Waals surface area contributed by atoms with Gasteiger partial charge in [0, 0.05) is 23.7 Å². The minimum Gasteiger partial charge on any atom is -0.346 e. The molecule has 2 aromatic heterocycles. The summed E-state index contributed by atoms with van der Waals surface area (Å²) < 4.78 is 1.87. The van der Waals surface area contributed by atoms with Gasteiger partial charge in [0.05, 0.1) is 18.3 Å². The zero-order valence-corrected chi connectivity index (χ0v) is 14.4. The molecule has 0 aliphatic rings. The van der Waals surface area contributed by atoms with Crippen LogP contribution in [-0.4, -0.2) is 25.9 Å². The lowest BCUT2D eigenvalue weighted by Gasteiger charge is -2.02. The van der Waals surface area contributed by atoms with Crippen LogP contribution in [0.15, 0.2) is 60.9 Å². The Morgan fingerprint density at radius 3 is 2.85 bits per heavy atom. The molecule has 0 aliphatic carbocycles. The predicted molar refractivity (Wildman–Crippen MR) is 99.8 cm³/mol. The molecule has 4 rings (SSSR count). The molecule has 26 heavy (non-hydrogen) atoms. The Morgan fingerprint density at radius 1 is 1.15 bits per heavy atom. The summed E-state index contributed by atoms with van der Waals surface area (Å²) in [6.45, 7) is 3.11. The summed E-state index contributed by atoms with van der Waals surface area (Å²) in [6.07, 6.45) is 3.72. The van der Waals surface area contributed by atoms with E-state index >= 15 is 0 Å². The van der Waals surface area contributed by atoms with Crippen LogP contribution in [0.25, 0.3) is 10.9 Å². The lowest BCUT2D eigenvalue weighted by atomic mass is 10.1. The number of aryl methyl sites for hydroxylation is 1. The Kier molecular flexibility index (Phi) is 4.23. The first-order valence-electron chi connectivity index (χ1n) is 8.47. The summed E-state index contributed by atoms with van der Waals surface area (Å²) >= 11 is 0. The molecule has 0 spiro atoms. The van der Waals surface area contributed by atoms with E-state index in [0.717, 1.165) is 22.0 Å². The number of carbonyl (C=O) groups excluding carboxylic acids is 1. The molecule has 0 fully saturated rings. The SMILES string of the molecule is Cc1ccc2[nH]nc(C(=O)NCc3cnn(Cc4ccccc4)c3)c2c1. The van der Waals surface area contributed by atoms with E-state index in [4.69, 9.17) is 0 Å². The van der Waals surface area contributed by atoms with Crippen LogP contribution in [-0.2, 0) is 13.1 Å². The maximum Gasteiger partial charge on any atom is 0.272 e. The Morgan fingerprint density at radius 2 is 2.00 bits per heavy atom. The zero-order chi connectivity index (χ0) is 17.9. The van der Waals surface area contributed by atoms with Crippen LogP contribution < -0.4 is 5.32 Å². The fourth-order valence-corrected chi connectivity index (χ4v) is 2.92. The van der Waals surface area contributed by atoms with Crippen molar-refractivity contribution in [1.82, 2.24) is 25.3 Å². The summed E-state index contributed by atoms with van der Waals surface area (Å²) in [5.41, 5.74) is 4.50. The van der Waals surface area contributed by atoms with Gasteiger partial charge in [-0.05, 0) is 24.6 Å². The van der Waals surface area contributed by atoms with Gasteiger partial charge in [-0.2, -0.15) is 10.2 Å². The molecule has 0 aliphatic heterocycles. The number of nitrogens with one attached hydrogen (secondary N) is 2. The summed E-state index contributed by atoms with van der Waals surface area (Å²) in [4.78, 5) is 12.5. The van der Waals surface area contributed by atoms with Crippen molar-refractivity contribution in [2.45, 2.75) is 20.0 Å². The molecule has 0 saturated carbocycles. The van der Waals surface area contributed by atoms with E-state index in [-0.39, 0.29) is 5.91 Å². The van der Waals surface area contributed by atoms with Crippen LogP contribution in [0.2, 0.25) is 0 Å². The molecule has 2 heterocycles. The number of H-pyrrole nitrogens is 1. The molecule has 2 aromatic carbocycles. The van der Waals surface area contributed by atoms with Gasteiger partial charge in [-0.3, -0.25) is 14.6 Å². The first-order chi connectivity index (χ1) is 12.7. The maximum absolute atomic E-state index is 12.5. The fourth-order valence-electron chi connectivity index (χ4n) is 2.92. The number of aromatic nitrogens is 4. The van der Waals surface area contributed by atoms with Crippen LogP contribution in [0.4, 0.5) is 0 Å². The molecule has 0 atom stereocenters. The van der Waals surface area contributed by atoms with Crippen molar-refractivity contribution in [3.05, 3.63) is 83.3 Å². The van der Waals surface area contributed by atoms with Gasteiger partial charge >= 0.3 is 0 Å². The van der Waals surface area contributed by atoms with E-state index in [1.807, 2.05) is 54.2 Å². The van der Waals surface area contributed by atoms with Gasteiger partial charge in [0.1, 0.15) is 0 Å². The summed E-state index contributed by atoms with van der Waals surface area (Å²) in [5.74, 6) is -0.197. The minimum atomic E-state index is -0.197. The number of fused-ring (bicyclic) bond motifs is 1. The topological polar surface area (TPSA) is 75.6 Å². The second-order valence-electron chi connectivity index (χ2n) is 6.34. The normalized spacial score (nSPS) is 11.0. The maximum atomic E-state index is 12.5. The number of hydrogen-bond donors (Lipinski definition) is 2. The standard InChI is InChI=1S/C20H19N5O/c1-14-7-8-18-17(9-14)19(24-23-18)20(26)21-10-16-11-22-25(13-16)12-15-5-3-2-4-6-15/h2-9,11,13H,10,12H2,1H3,(H,21,26)(H,23,24). The van der Waals surface area contributed by atoms with E-state index in [9.17, 15) is 4.79 Å². The molecule has 2 N–H and O–H groups in total. The molecule has 0 radical (unpaired) electrons. The number of nitrogens with zero attached hydrogens (tertiary/aromatic N) is 3. The fraction of sp³-hybridized carbons (Fsp3) is 0.150. The van der Waals surface area contributed by atoms with Crippen LogP contribution in [0.5, 0.6) is 0 Å². The van der Waals surface area contributed by atoms with E-state index in [1.165, 1.54) is 5.56 Å². The minimum absolute atomic E-state index is 0.197. The van der Waals surface area contributed by atoms with Gasteiger partial charge < -0.3 is 5.32 Å². The largest absolute Gasteiger partial charge is 0.346 e. The summed E-state index contributed by atoms with van der Waals surface area (Å²) in [5, 5.41) is 15.2. The number of benzene rings is 2. The van der Waals surface area contributed by atoms with Crippen LogP contribution >= 0.6 is 0 Å². The van der Waals surface area contributed by atoms with Gasteiger partial charge in [-0.25, -0.2) is 0 Å². The Labute approximate surface area is 150 Å².